The van der Waals surface area contributed by atoms with E-state index in [1.165, 1.54) is 88.3 Å². The first kappa shape index (κ1) is 27.8. The molecule has 8 aromatic carbocycles. The van der Waals surface area contributed by atoms with Gasteiger partial charge in [-0.15, -0.1) is 0 Å². The number of nitrogens with zero attached hydrogens (tertiary/aromatic N) is 1. The molecule has 3 N–H and O–H groups in total. The molecule has 0 amide bonds. The van der Waals surface area contributed by atoms with Crippen molar-refractivity contribution in [3.8, 4) is 22.3 Å². The van der Waals surface area contributed by atoms with Gasteiger partial charge in [-0.1, -0.05) is 140 Å². The number of hydrogen-bond donors (Lipinski definition) is 2. The highest BCUT2D eigenvalue weighted by Crippen LogP contribution is 2.54. The van der Waals surface area contributed by atoms with E-state index in [9.17, 15) is 0 Å². The van der Waals surface area contributed by atoms with E-state index in [1.54, 1.807) is 0 Å². The Labute approximate surface area is 291 Å². The van der Waals surface area contributed by atoms with Crippen molar-refractivity contribution in [1.82, 2.24) is 5.32 Å². The zero-order chi connectivity index (χ0) is 32.8. The zero-order valence-corrected chi connectivity index (χ0v) is 27.4. The Morgan fingerprint density at radius 1 is 0.480 bits per heavy atom. The summed E-state index contributed by atoms with van der Waals surface area (Å²) in [5, 5.41) is 13.9. The predicted octanol–water partition coefficient (Wildman–Crippen LogP) is 10.8. The zero-order valence-electron chi connectivity index (χ0n) is 27.4. The molecule has 0 saturated carbocycles. The maximum Gasteiger partial charge on any atom is 0.197 e. The van der Waals surface area contributed by atoms with Gasteiger partial charge in [-0.2, -0.15) is 0 Å². The summed E-state index contributed by atoms with van der Waals surface area (Å²) in [7, 11) is 0. The van der Waals surface area contributed by atoms with Gasteiger partial charge in [0.15, 0.2) is 11.9 Å². The molecule has 11 rings (SSSR count). The molecule has 50 heavy (non-hydrogen) atoms. The van der Waals surface area contributed by atoms with Crippen LogP contribution < -0.4 is 15.5 Å². The summed E-state index contributed by atoms with van der Waals surface area (Å²) in [5.74, 6) is 0.318. The smallest absolute Gasteiger partial charge is 0.197 e. The molecule has 0 aromatic heterocycles. The van der Waals surface area contributed by atoms with Crippen molar-refractivity contribution in [1.29, 1.82) is 0 Å². The Morgan fingerprint density at radius 3 is 1.86 bits per heavy atom. The van der Waals surface area contributed by atoms with Crippen LogP contribution in [0, 0.1) is 0 Å². The molecule has 0 spiro atoms. The minimum atomic E-state index is 0.124. The lowest BCUT2D eigenvalue weighted by atomic mass is 9.89. The fourth-order valence-corrected chi connectivity index (χ4v) is 9.01. The quantitative estimate of drug-likeness (QED) is 0.149. The molecular formula is C47H34N3+. The number of para-hydroxylation sites is 2. The Balaban J connectivity index is 0.967. The van der Waals surface area contributed by atoms with Crippen molar-refractivity contribution < 1.29 is 5.32 Å². The van der Waals surface area contributed by atoms with Gasteiger partial charge in [-0.25, -0.2) is 0 Å². The molecule has 236 valence electrons. The lowest BCUT2D eigenvalue weighted by Crippen LogP contribution is -2.79. The van der Waals surface area contributed by atoms with E-state index in [4.69, 9.17) is 0 Å². The predicted molar refractivity (Wildman–Crippen MR) is 207 cm³/mol. The number of quaternary nitrogens is 1. The molecule has 3 aliphatic rings. The number of nitrogens with two attached hydrogens (primary N) is 1. The number of benzene rings is 8. The van der Waals surface area contributed by atoms with Gasteiger partial charge in [0.2, 0.25) is 0 Å². The standard InChI is InChI=1S/C47H33N3/c1-2-13-36-34(11-1)35-12-3-4-14-37(35)42-28-33(23-24-38(36)42)32-10-7-9-31(27-32)29-19-21-30(22-20-29)47-49-43-17-8-16-40-39-25-26-48-45(39)41-15-5-6-18-44(41)50(47)46(40)43/h1-28,39,45,47-49H/p+1. The van der Waals surface area contributed by atoms with Gasteiger partial charge in [0.25, 0.3) is 0 Å². The average molecular weight is 641 g/mol. The summed E-state index contributed by atoms with van der Waals surface area (Å²) >= 11 is 0. The molecule has 0 saturated heterocycles. The Morgan fingerprint density at radius 2 is 1.08 bits per heavy atom. The van der Waals surface area contributed by atoms with Gasteiger partial charge in [0, 0.05) is 17.5 Å². The Bertz CT molecular complexity index is 2650. The van der Waals surface area contributed by atoms with Gasteiger partial charge in [-0.05, 0) is 90.1 Å². The summed E-state index contributed by atoms with van der Waals surface area (Å²) in [6.07, 6.45) is 4.59. The molecule has 3 nitrogen and oxygen atoms in total. The van der Waals surface area contributed by atoms with E-state index in [1.807, 2.05) is 0 Å². The Hall–Kier alpha value is -6.16. The van der Waals surface area contributed by atoms with Crippen molar-refractivity contribution in [2.45, 2.75) is 18.1 Å². The number of rotatable bonds is 3. The second-order valence-corrected chi connectivity index (χ2v) is 13.9. The monoisotopic (exact) mass is 640 g/mol. The number of hydrogen-bond acceptors (Lipinski definition) is 2. The molecule has 0 fully saturated rings. The van der Waals surface area contributed by atoms with Crippen LogP contribution in [-0.4, -0.2) is 0 Å². The minimum Gasteiger partial charge on any atom is -0.383 e. The minimum absolute atomic E-state index is 0.124. The van der Waals surface area contributed by atoms with E-state index in [-0.39, 0.29) is 12.2 Å². The second kappa shape index (κ2) is 10.7. The number of nitrogens with one attached hydrogen (secondary N) is 1. The third kappa shape index (κ3) is 4.01. The third-order valence-corrected chi connectivity index (χ3v) is 11.3. The van der Waals surface area contributed by atoms with Crippen LogP contribution in [0.1, 0.15) is 34.8 Å². The largest absolute Gasteiger partial charge is 0.383 e. The van der Waals surface area contributed by atoms with E-state index < -0.39 is 0 Å². The molecule has 0 radical (unpaired) electrons. The highest BCUT2D eigenvalue weighted by Gasteiger charge is 2.44. The molecule has 0 aliphatic carbocycles. The summed E-state index contributed by atoms with van der Waals surface area (Å²) in [4.78, 5) is 2.58. The molecule has 0 bridgehead atoms. The average Bonchev–Trinajstić information content (AvgIpc) is 3.81. The third-order valence-electron chi connectivity index (χ3n) is 11.3. The van der Waals surface area contributed by atoms with Gasteiger partial charge < -0.3 is 5.32 Å². The maximum absolute atomic E-state index is 3.66. The lowest BCUT2D eigenvalue weighted by molar-refractivity contribution is -0.606. The fraction of sp³-hybridized carbons (Fsp3) is 0.0638. The van der Waals surface area contributed by atoms with Crippen molar-refractivity contribution in [3.63, 3.8) is 0 Å². The van der Waals surface area contributed by atoms with E-state index in [0.29, 0.717) is 5.92 Å². The van der Waals surface area contributed by atoms with Crippen LogP contribution in [0.2, 0.25) is 0 Å². The second-order valence-electron chi connectivity index (χ2n) is 13.9. The SMILES string of the molecule is C1=CC2c3cccc4c3N(c3ccccc3C2N1)C(c1ccc(-c2cccc(-c3ccc5c6ccccc6c6ccccc6c5c3)c2)cc1)[NH2+]4. The highest BCUT2D eigenvalue weighted by molar-refractivity contribution is 6.25. The molecule has 3 atom stereocenters. The molecule has 8 aromatic rings. The summed E-state index contributed by atoms with van der Waals surface area (Å²) < 4.78 is 0. The normalized spacial score (nSPS) is 18.6. The van der Waals surface area contributed by atoms with Crippen LogP contribution in [0.15, 0.2) is 170 Å². The van der Waals surface area contributed by atoms with Crippen molar-refractivity contribution in [2.75, 3.05) is 4.90 Å². The molecule has 3 heteroatoms. The summed E-state index contributed by atoms with van der Waals surface area (Å²) in [5.41, 5.74) is 12.9. The van der Waals surface area contributed by atoms with Crippen LogP contribution in [0.4, 0.5) is 17.1 Å². The van der Waals surface area contributed by atoms with Crippen molar-refractivity contribution >= 4 is 49.4 Å². The Kier molecular flexibility index (Phi) is 5.92. The number of anilines is 2. The summed E-state index contributed by atoms with van der Waals surface area (Å²) in [6, 6.07) is 58.8. The van der Waals surface area contributed by atoms with Crippen LogP contribution >= 0.6 is 0 Å². The lowest BCUT2D eigenvalue weighted by Gasteiger charge is -2.26. The summed E-state index contributed by atoms with van der Waals surface area (Å²) in [6.45, 7) is 0. The molecular weight excluding hydrogens is 607 g/mol. The van der Waals surface area contributed by atoms with E-state index in [0.717, 1.165) is 0 Å². The van der Waals surface area contributed by atoms with Crippen LogP contribution in [0.3, 0.4) is 0 Å². The molecule has 3 aliphatic heterocycles. The van der Waals surface area contributed by atoms with Crippen molar-refractivity contribution in [3.05, 3.63) is 187 Å². The van der Waals surface area contributed by atoms with Gasteiger partial charge in [0.1, 0.15) is 5.69 Å². The van der Waals surface area contributed by atoms with Gasteiger partial charge >= 0.3 is 0 Å². The topological polar surface area (TPSA) is 31.9 Å². The first-order valence-electron chi connectivity index (χ1n) is 17.6. The van der Waals surface area contributed by atoms with Crippen LogP contribution in [0.5, 0.6) is 0 Å². The first-order chi connectivity index (χ1) is 24.8. The molecule has 3 heterocycles. The molecule has 3 unspecified atom stereocenters. The maximum atomic E-state index is 3.66. The highest BCUT2D eigenvalue weighted by atomic mass is 15.3. The van der Waals surface area contributed by atoms with E-state index in [2.05, 4.69) is 186 Å². The number of fused-ring (bicyclic) bond motifs is 11. The van der Waals surface area contributed by atoms with Gasteiger partial charge in [-0.3, -0.25) is 10.2 Å². The van der Waals surface area contributed by atoms with Gasteiger partial charge in [0.05, 0.1) is 11.7 Å². The fourth-order valence-electron chi connectivity index (χ4n) is 9.01. The van der Waals surface area contributed by atoms with Crippen molar-refractivity contribution in [2.24, 2.45) is 0 Å². The van der Waals surface area contributed by atoms with E-state index >= 15 is 0 Å². The van der Waals surface area contributed by atoms with Crippen LogP contribution in [-0.2, 0) is 0 Å². The first-order valence-corrected chi connectivity index (χ1v) is 17.6. The van der Waals surface area contributed by atoms with Crippen LogP contribution in [0.25, 0.3) is 54.6 Å².